The molecule has 0 unspecified atom stereocenters. The molecular formula is C17H19BrFNO3. The quantitative estimate of drug-likeness (QED) is 0.591. The van der Waals surface area contributed by atoms with Crippen molar-refractivity contribution in [1.29, 1.82) is 0 Å². The molecule has 124 valence electrons. The molecule has 1 aromatic carbocycles. The van der Waals surface area contributed by atoms with E-state index < -0.39 is 0 Å². The molecule has 0 N–H and O–H groups in total. The van der Waals surface area contributed by atoms with E-state index >= 15 is 0 Å². The Kier molecular flexibility index (Phi) is 6.33. The van der Waals surface area contributed by atoms with Gasteiger partial charge in [0.1, 0.15) is 5.82 Å². The lowest BCUT2D eigenvalue weighted by atomic mass is 9.97. The average Bonchev–Trinajstić information content (AvgIpc) is 2.55. The van der Waals surface area contributed by atoms with Gasteiger partial charge in [-0.1, -0.05) is 15.9 Å². The molecule has 0 radical (unpaired) electrons. The first-order chi connectivity index (χ1) is 11.0. The Morgan fingerprint density at radius 1 is 1.39 bits per heavy atom. The number of nitrogens with zero attached hydrogens (tertiary/aromatic N) is 1. The highest BCUT2D eigenvalue weighted by Crippen LogP contribution is 2.20. The number of halogens is 2. The lowest BCUT2D eigenvalue weighted by Crippen LogP contribution is -2.39. The summed E-state index contributed by atoms with van der Waals surface area (Å²) in [6, 6.07) is 4.57. The fraction of sp³-hybridized carbons (Fsp3) is 0.412. The van der Waals surface area contributed by atoms with Gasteiger partial charge in [0.05, 0.1) is 12.5 Å². The molecule has 1 saturated heterocycles. The van der Waals surface area contributed by atoms with Crippen LogP contribution in [0.4, 0.5) is 4.39 Å². The van der Waals surface area contributed by atoms with Gasteiger partial charge < -0.3 is 9.64 Å². The molecule has 23 heavy (non-hydrogen) atoms. The van der Waals surface area contributed by atoms with E-state index in [-0.39, 0.29) is 23.6 Å². The second kappa shape index (κ2) is 8.24. The number of esters is 1. The minimum absolute atomic E-state index is 0.134. The van der Waals surface area contributed by atoms with Gasteiger partial charge in [-0.05, 0) is 44.0 Å². The normalized spacial score (nSPS) is 15.9. The molecule has 1 fully saturated rings. The van der Waals surface area contributed by atoms with E-state index in [4.69, 9.17) is 4.74 Å². The number of piperidine rings is 1. The number of carbonyl (C=O) groups excluding carboxylic acids is 2. The number of rotatable bonds is 4. The highest BCUT2D eigenvalue weighted by atomic mass is 79.9. The summed E-state index contributed by atoms with van der Waals surface area (Å²) in [5.41, 5.74) is 0.356. The fourth-order valence-corrected chi connectivity index (χ4v) is 2.88. The monoisotopic (exact) mass is 383 g/mol. The Hall–Kier alpha value is -1.69. The molecule has 0 bridgehead atoms. The van der Waals surface area contributed by atoms with Crippen molar-refractivity contribution in [2.45, 2.75) is 19.8 Å². The van der Waals surface area contributed by atoms with Crippen LogP contribution in [0.15, 0.2) is 28.7 Å². The lowest BCUT2D eigenvalue weighted by molar-refractivity contribution is -0.150. The number of carbonyl (C=O) groups is 2. The molecule has 1 aromatic rings. The number of likely N-dealkylation sites (tertiary alicyclic amines) is 1. The SMILES string of the molecule is CCOC(=O)C1CCN(C(=O)C=Cc2cc(Br)ccc2F)CC1. The van der Waals surface area contributed by atoms with Crippen LogP contribution in [0.5, 0.6) is 0 Å². The third-order valence-electron chi connectivity index (χ3n) is 3.79. The Balaban J connectivity index is 1.91. The number of hydrogen-bond donors (Lipinski definition) is 0. The number of hydrogen-bond acceptors (Lipinski definition) is 3. The zero-order chi connectivity index (χ0) is 16.8. The smallest absolute Gasteiger partial charge is 0.309 e. The van der Waals surface area contributed by atoms with Crippen LogP contribution >= 0.6 is 15.9 Å². The van der Waals surface area contributed by atoms with E-state index in [1.165, 1.54) is 18.2 Å². The van der Waals surface area contributed by atoms with Crippen molar-refractivity contribution in [1.82, 2.24) is 4.90 Å². The van der Waals surface area contributed by atoms with Crippen molar-refractivity contribution < 1.29 is 18.7 Å². The summed E-state index contributed by atoms with van der Waals surface area (Å²) in [5.74, 6) is -0.873. The van der Waals surface area contributed by atoms with Crippen LogP contribution in [0.2, 0.25) is 0 Å². The lowest BCUT2D eigenvalue weighted by Gasteiger charge is -2.30. The first-order valence-electron chi connectivity index (χ1n) is 7.60. The van der Waals surface area contributed by atoms with Crippen LogP contribution in [-0.4, -0.2) is 36.5 Å². The van der Waals surface area contributed by atoms with Gasteiger partial charge >= 0.3 is 5.97 Å². The molecule has 0 saturated carbocycles. The van der Waals surface area contributed by atoms with E-state index in [2.05, 4.69) is 15.9 Å². The van der Waals surface area contributed by atoms with Crippen molar-refractivity contribution in [3.8, 4) is 0 Å². The van der Waals surface area contributed by atoms with Crippen molar-refractivity contribution in [3.63, 3.8) is 0 Å². The summed E-state index contributed by atoms with van der Waals surface area (Å²) < 4.78 is 19.4. The molecule has 1 aliphatic heterocycles. The minimum Gasteiger partial charge on any atom is -0.466 e. The van der Waals surface area contributed by atoms with E-state index in [0.29, 0.717) is 38.1 Å². The summed E-state index contributed by atoms with van der Waals surface area (Å²) in [6.07, 6.45) is 4.04. The maximum absolute atomic E-state index is 13.6. The maximum atomic E-state index is 13.6. The average molecular weight is 384 g/mol. The van der Waals surface area contributed by atoms with Gasteiger partial charge in [0, 0.05) is 29.2 Å². The first kappa shape index (κ1) is 17.7. The third-order valence-corrected chi connectivity index (χ3v) is 4.28. The summed E-state index contributed by atoms with van der Waals surface area (Å²) in [5, 5.41) is 0. The van der Waals surface area contributed by atoms with Crippen molar-refractivity contribution in [2.75, 3.05) is 19.7 Å². The fourth-order valence-electron chi connectivity index (χ4n) is 2.50. The van der Waals surface area contributed by atoms with E-state index in [1.54, 1.807) is 24.0 Å². The number of benzene rings is 1. The second-order valence-electron chi connectivity index (χ2n) is 5.35. The topological polar surface area (TPSA) is 46.6 Å². The molecule has 4 nitrogen and oxygen atoms in total. The van der Waals surface area contributed by atoms with Gasteiger partial charge in [0.2, 0.25) is 5.91 Å². The van der Waals surface area contributed by atoms with Crippen LogP contribution in [0.25, 0.3) is 6.08 Å². The van der Waals surface area contributed by atoms with E-state index in [9.17, 15) is 14.0 Å². The van der Waals surface area contributed by atoms with Gasteiger partial charge in [-0.2, -0.15) is 0 Å². The summed E-state index contributed by atoms with van der Waals surface area (Å²) in [4.78, 5) is 25.5. The Morgan fingerprint density at radius 2 is 2.09 bits per heavy atom. The summed E-state index contributed by atoms with van der Waals surface area (Å²) >= 11 is 3.27. The standard InChI is InChI=1S/C17H19BrFNO3/c1-2-23-17(22)12-7-9-20(10-8-12)16(21)6-3-13-11-14(18)4-5-15(13)19/h3-6,11-12H,2,7-10H2,1H3. The van der Waals surface area contributed by atoms with Crippen LogP contribution < -0.4 is 0 Å². The van der Waals surface area contributed by atoms with Crippen LogP contribution in [0.1, 0.15) is 25.3 Å². The highest BCUT2D eigenvalue weighted by Gasteiger charge is 2.27. The zero-order valence-electron chi connectivity index (χ0n) is 12.9. The molecule has 1 aliphatic rings. The van der Waals surface area contributed by atoms with Gasteiger partial charge in [-0.3, -0.25) is 9.59 Å². The van der Waals surface area contributed by atoms with Gasteiger partial charge in [0.15, 0.2) is 0 Å². The predicted octanol–water partition coefficient (Wildman–Crippen LogP) is 3.40. The maximum Gasteiger partial charge on any atom is 0.309 e. The van der Waals surface area contributed by atoms with Crippen LogP contribution in [0.3, 0.4) is 0 Å². The van der Waals surface area contributed by atoms with Gasteiger partial charge in [0.25, 0.3) is 0 Å². The minimum atomic E-state index is -0.377. The first-order valence-corrected chi connectivity index (χ1v) is 8.39. The van der Waals surface area contributed by atoms with Crippen molar-refractivity contribution in [2.24, 2.45) is 5.92 Å². The molecule has 0 atom stereocenters. The second-order valence-corrected chi connectivity index (χ2v) is 6.27. The summed E-state index contributed by atoms with van der Waals surface area (Å²) in [6.45, 7) is 3.17. The van der Waals surface area contributed by atoms with Crippen LogP contribution in [0, 0.1) is 11.7 Å². The Bertz CT molecular complexity index is 610. The largest absolute Gasteiger partial charge is 0.466 e. The van der Waals surface area contributed by atoms with E-state index in [1.807, 2.05) is 0 Å². The van der Waals surface area contributed by atoms with Crippen molar-refractivity contribution >= 4 is 33.9 Å². The molecule has 1 amide bonds. The zero-order valence-corrected chi connectivity index (χ0v) is 14.5. The highest BCUT2D eigenvalue weighted by molar-refractivity contribution is 9.10. The molecule has 6 heteroatoms. The molecule has 0 aromatic heterocycles. The Morgan fingerprint density at radius 3 is 2.74 bits per heavy atom. The van der Waals surface area contributed by atoms with Crippen molar-refractivity contribution in [3.05, 3.63) is 40.1 Å². The molecule has 0 spiro atoms. The number of ether oxygens (including phenoxy) is 1. The predicted molar refractivity (Wildman–Crippen MR) is 89.1 cm³/mol. The molecule has 0 aliphatic carbocycles. The summed E-state index contributed by atoms with van der Waals surface area (Å²) in [7, 11) is 0. The molecule has 1 heterocycles. The van der Waals surface area contributed by atoms with Crippen LogP contribution in [-0.2, 0) is 14.3 Å². The third kappa shape index (κ3) is 4.89. The van der Waals surface area contributed by atoms with E-state index in [0.717, 1.165) is 4.47 Å². The van der Waals surface area contributed by atoms with Gasteiger partial charge in [-0.25, -0.2) is 4.39 Å². The Labute approximate surface area is 143 Å². The molecule has 2 rings (SSSR count). The van der Waals surface area contributed by atoms with Gasteiger partial charge in [-0.15, -0.1) is 0 Å². The number of amides is 1. The molecular weight excluding hydrogens is 365 g/mol.